The Morgan fingerprint density at radius 2 is 1.94 bits per heavy atom. The summed E-state index contributed by atoms with van der Waals surface area (Å²) >= 11 is 0. The normalized spacial score (nSPS) is 31.9. The van der Waals surface area contributed by atoms with Gasteiger partial charge in [0, 0.05) is 13.0 Å². The summed E-state index contributed by atoms with van der Waals surface area (Å²) in [5.41, 5.74) is 0.527. The third-order valence-electron chi connectivity index (χ3n) is 8.20. The van der Waals surface area contributed by atoms with Gasteiger partial charge in [-0.1, -0.05) is 43.3 Å². The van der Waals surface area contributed by atoms with Crippen LogP contribution in [0.2, 0.25) is 0 Å². The third kappa shape index (κ3) is 3.34. The number of benzene rings is 2. The van der Waals surface area contributed by atoms with Gasteiger partial charge < -0.3 is 19.5 Å². The summed E-state index contributed by atoms with van der Waals surface area (Å²) in [7, 11) is 1.67. The molecule has 1 amide bonds. The van der Waals surface area contributed by atoms with Gasteiger partial charge in [0.05, 0.1) is 19.3 Å². The fraction of sp³-hybridized carbons (Fsp3) is 0.500. The molecule has 180 valence electrons. The van der Waals surface area contributed by atoms with Crippen LogP contribution in [-0.4, -0.2) is 41.2 Å². The molecular weight excluding hydrogens is 430 g/mol. The quantitative estimate of drug-likeness (QED) is 0.539. The number of nitrogens with zero attached hydrogens (tertiary/aromatic N) is 1. The van der Waals surface area contributed by atoms with Gasteiger partial charge in [-0.05, 0) is 72.8 Å². The molecule has 1 saturated heterocycles. The first kappa shape index (κ1) is 22.9. The van der Waals surface area contributed by atoms with Crippen LogP contribution in [0.1, 0.15) is 49.8 Å². The molecule has 3 aliphatic rings. The average Bonchev–Trinajstić information content (AvgIpc) is 2.82. The maximum atomic E-state index is 14.1. The molecule has 5 atom stereocenters. The van der Waals surface area contributed by atoms with Gasteiger partial charge in [-0.2, -0.15) is 0 Å². The van der Waals surface area contributed by atoms with Gasteiger partial charge in [-0.25, -0.2) is 4.79 Å². The Morgan fingerprint density at radius 1 is 1.18 bits per heavy atom. The number of methoxy groups -OCH3 is 1. The SMILES string of the molecule is CCOC(=O)[C@@]1(O)C[C@H]2[C@H]3Cc4cc(OC)ccc4[C@@]2(C[C@H](C)C3)N(Cc2ccccc2)C1=O. The van der Waals surface area contributed by atoms with Gasteiger partial charge in [-0.3, -0.25) is 4.79 Å². The van der Waals surface area contributed by atoms with Crippen LogP contribution in [0.15, 0.2) is 48.5 Å². The second-order valence-electron chi connectivity index (χ2n) is 10.2. The van der Waals surface area contributed by atoms with Crippen molar-refractivity contribution in [1.29, 1.82) is 0 Å². The molecule has 2 aromatic rings. The molecule has 0 spiro atoms. The standard InChI is InChI=1S/C28H33NO5/c1-4-34-26(31)28(32)16-24-20-12-18(2)15-27(24,23-11-10-22(33-3)14-21(23)13-20)29(25(28)30)17-19-8-6-5-7-9-19/h5-11,14,18,20,24,32H,4,12-13,15-17H2,1-3H3/t18-,20-,24+,27-,28-/m1/s1. The lowest BCUT2D eigenvalue weighted by molar-refractivity contribution is -0.206. The summed E-state index contributed by atoms with van der Waals surface area (Å²) < 4.78 is 10.7. The number of piperidine rings is 1. The molecule has 34 heavy (non-hydrogen) atoms. The highest BCUT2D eigenvalue weighted by molar-refractivity contribution is 6.07. The van der Waals surface area contributed by atoms with Crippen molar-refractivity contribution in [2.24, 2.45) is 17.8 Å². The number of rotatable bonds is 5. The number of hydrogen-bond donors (Lipinski definition) is 1. The van der Waals surface area contributed by atoms with Gasteiger partial charge in [-0.15, -0.1) is 0 Å². The number of likely N-dealkylation sites (tertiary alicyclic amines) is 1. The van der Waals surface area contributed by atoms with Crippen molar-refractivity contribution in [3.8, 4) is 5.75 Å². The molecule has 1 saturated carbocycles. The molecule has 2 fully saturated rings. The molecule has 1 aliphatic heterocycles. The van der Waals surface area contributed by atoms with Crippen molar-refractivity contribution in [2.45, 2.75) is 57.2 Å². The lowest BCUT2D eigenvalue weighted by atomic mass is 9.51. The molecule has 1 N–H and O–H groups in total. The van der Waals surface area contributed by atoms with Crippen LogP contribution in [0, 0.1) is 17.8 Å². The van der Waals surface area contributed by atoms with E-state index in [9.17, 15) is 14.7 Å². The fourth-order valence-corrected chi connectivity index (χ4v) is 6.94. The number of hydrogen-bond acceptors (Lipinski definition) is 5. The zero-order valence-electron chi connectivity index (χ0n) is 20.1. The number of carbonyl (C=O) groups is 2. The zero-order valence-corrected chi connectivity index (χ0v) is 20.1. The molecule has 2 aromatic carbocycles. The van der Waals surface area contributed by atoms with E-state index in [1.54, 1.807) is 18.9 Å². The average molecular weight is 464 g/mol. The predicted molar refractivity (Wildman–Crippen MR) is 127 cm³/mol. The van der Waals surface area contributed by atoms with E-state index in [1.807, 2.05) is 36.4 Å². The van der Waals surface area contributed by atoms with Crippen LogP contribution in [0.3, 0.4) is 0 Å². The van der Waals surface area contributed by atoms with E-state index >= 15 is 0 Å². The summed E-state index contributed by atoms with van der Waals surface area (Å²) in [5, 5.41) is 11.6. The summed E-state index contributed by atoms with van der Waals surface area (Å²) in [6.07, 6.45) is 2.73. The smallest absolute Gasteiger partial charge is 0.348 e. The second-order valence-corrected chi connectivity index (χ2v) is 10.2. The van der Waals surface area contributed by atoms with Crippen molar-refractivity contribution < 1.29 is 24.2 Å². The third-order valence-corrected chi connectivity index (χ3v) is 8.20. The molecule has 0 radical (unpaired) electrons. The monoisotopic (exact) mass is 463 g/mol. The molecule has 1 heterocycles. The van der Waals surface area contributed by atoms with E-state index in [0.717, 1.165) is 36.1 Å². The number of fused-ring (bicyclic) bond motifs is 1. The summed E-state index contributed by atoms with van der Waals surface area (Å²) in [5.74, 6) is 0.0362. The summed E-state index contributed by atoms with van der Waals surface area (Å²) in [4.78, 5) is 28.9. The minimum atomic E-state index is -2.16. The fourth-order valence-electron chi connectivity index (χ4n) is 6.94. The number of ether oxygens (including phenoxy) is 2. The molecule has 6 heteroatoms. The van der Waals surface area contributed by atoms with Gasteiger partial charge in [0.25, 0.3) is 5.91 Å². The first-order valence-corrected chi connectivity index (χ1v) is 12.3. The highest BCUT2D eigenvalue weighted by atomic mass is 16.6. The Hall–Kier alpha value is -2.86. The Bertz CT molecular complexity index is 1100. The van der Waals surface area contributed by atoms with Crippen molar-refractivity contribution in [3.63, 3.8) is 0 Å². The van der Waals surface area contributed by atoms with E-state index in [0.29, 0.717) is 12.5 Å². The largest absolute Gasteiger partial charge is 0.497 e. The van der Waals surface area contributed by atoms with Crippen LogP contribution in [0.5, 0.6) is 5.75 Å². The minimum absolute atomic E-state index is 0.0413. The maximum Gasteiger partial charge on any atom is 0.348 e. The van der Waals surface area contributed by atoms with Crippen LogP contribution >= 0.6 is 0 Å². The molecule has 0 unspecified atom stereocenters. The predicted octanol–water partition coefficient (Wildman–Crippen LogP) is 3.84. The van der Waals surface area contributed by atoms with E-state index < -0.39 is 23.0 Å². The second kappa shape index (κ2) is 8.42. The summed E-state index contributed by atoms with van der Waals surface area (Å²) in [6, 6.07) is 15.9. The lowest BCUT2D eigenvalue weighted by Crippen LogP contribution is -2.72. The molecule has 2 aliphatic carbocycles. The topological polar surface area (TPSA) is 76.1 Å². The zero-order chi connectivity index (χ0) is 24.1. The van der Waals surface area contributed by atoms with Crippen molar-refractivity contribution in [1.82, 2.24) is 4.90 Å². The molecule has 2 bridgehead atoms. The van der Waals surface area contributed by atoms with E-state index in [2.05, 4.69) is 19.1 Å². The number of carbonyl (C=O) groups excluding carboxylic acids is 2. The molecule has 0 aromatic heterocycles. The van der Waals surface area contributed by atoms with Gasteiger partial charge in [0.15, 0.2) is 0 Å². The molecule has 5 rings (SSSR count). The lowest BCUT2D eigenvalue weighted by Gasteiger charge is -2.63. The van der Waals surface area contributed by atoms with Crippen LogP contribution < -0.4 is 4.74 Å². The van der Waals surface area contributed by atoms with E-state index in [-0.39, 0.29) is 24.9 Å². The van der Waals surface area contributed by atoms with Crippen molar-refractivity contribution in [2.75, 3.05) is 13.7 Å². The Kier molecular flexibility index (Phi) is 5.67. The van der Waals surface area contributed by atoms with E-state index in [1.165, 1.54) is 5.56 Å². The van der Waals surface area contributed by atoms with Gasteiger partial charge in [0.1, 0.15) is 5.75 Å². The number of esters is 1. The van der Waals surface area contributed by atoms with E-state index in [4.69, 9.17) is 9.47 Å². The maximum absolute atomic E-state index is 14.1. The van der Waals surface area contributed by atoms with Crippen LogP contribution in [0.4, 0.5) is 0 Å². The number of aliphatic hydroxyl groups is 1. The van der Waals surface area contributed by atoms with Gasteiger partial charge >= 0.3 is 5.97 Å². The molecular formula is C28H33NO5. The number of amides is 1. The van der Waals surface area contributed by atoms with Crippen molar-refractivity contribution in [3.05, 3.63) is 65.2 Å². The molecule has 6 nitrogen and oxygen atoms in total. The van der Waals surface area contributed by atoms with Crippen LogP contribution in [0.25, 0.3) is 0 Å². The van der Waals surface area contributed by atoms with Gasteiger partial charge in [0.2, 0.25) is 5.60 Å². The van der Waals surface area contributed by atoms with Crippen molar-refractivity contribution >= 4 is 11.9 Å². The highest BCUT2D eigenvalue weighted by Gasteiger charge is 2.66. The minimum Gasteiger partial charge on any atom is -0.497 e. The Morgan fingerprint density at radius 3 is 2.65 bits per heavy atom. The van der Waals surface area contributed by atoms with Crippen LogP contribution in [-0.2, 0) is 32.8 Å². The Labute approximate surface area is 200 Å². The first-order chi connectivity index (χ1) is 16.3. The highest BCUT2D eigenvalue weighted by Crippen LogP contribution is 2.61. The Balaban J connectivity index is 1.71. The summed E-state index contributed by atoms with van der Waals surface area (Å²) in [6.45, 7) is 4.38. The first-order valence-electron chi connectivity index (χ1n) is 12.3.